The van der Waals surface area contributed by atoms with Crippen LogP contribution in [0, 0.1) is 0 Å². The Morgan fingerprint density at radius 3 is 1.97 bits per heavy atom. The molecule has 6 heteroatoms. The number of rotatable bonds is 19. The van der Waals surface area contributed by atoms with E-state index in [2.05, 4.69) is 27.5 Å². The first kappa shape index (κ1) is 27.6. The van der Waals surface area contributed by atoms with Crippen LogP contribution in [0.25, 0.3) is 0 Å². The Bertz CT molecular complexity index is 839. The van der Waals surface area contributed by atoms with Crippen LogP contribution in [0.1, 0.15) is 114 Å². The minimum absolute atomic E-state index is 0.0230. The number of hydrogen-bond acceptors (Lipinski definition) is 6. The van der Waals surface area contributed by atoms with Crippen LogP contribution < -0.4 is 16.4 Å². The summed E-state index contributed by atoms with van der Waals surface area (Å²) in [6.45, 7) is 4.68. The van der Waals surface area contributed by atoms with Crippen molar-refractivity contribution in [2.24, 2.45) is 0 Å². The van der Waals surface area contributed by atoms with Gasteiger partial charge in [0.25, 0.3) is 0 Å². The van der Waals surface area contributed by atoms with Gasteiger partial charge in [-0.3, -0.25) is 4.79 Å². The second-order valence-electron chi connectivity index (χ2n) is 9.27. The lowest BCUT2D eigenvalue weighted by Crippen LogP contribution is -2.09. The van der Waals surface area contributed by atoms with E-state index >= 15 is 0 Å². The lowest BCUT2D eigenvalue weighted by Gasteiger charge is -2.13. The summed E-state index contributed by atoms with van der Waals surface area (Å²) in [7, 11) is 0. The van der Waals surface area contributed by atoms with Crippen molar-refractivity contribution in [3.8, 4) is 0 Å². The highest BCUT2D eigenvalue weighted by Gasteiger charge is 2.09. The minimum Gasteiger partial charge on any atom is -0.393 e. The van der Waals surface area contributed by atoms with E-state index in [0.29, 0.717) is 22.9 Å². The molecule has 2 aromatic rings. The molecular formula is C28H45N5O. The van der Waals surface area contributed by atoms with E-state index in [0.717, 1.165) is 18.7 Å². The molecule has 0 saturated carbocycles. The lowest BCUT2D eigenvalue weighted by molar-refractivity contribution is 0.101. The number of nitrogens with one attached hydrogen (secondary N) is 2. The normalized spacial score (nSPS) is 10.9. The van der Waals surface area contributed by atoms with Gasteiger partial charge in [-0.05, 0) is 25.5 Å². The second kappa shape index (κ2) is 16.9. The highest BCUT2D eigenvalue weighted by Crippen LogP contribution is 2.26. The molecule has 0 aliphatic rings. The number of ketones is 1. The molecule has 34 heavy (non-hydrogen) atoms. The van der Waals surface area contributed by atoms with Gasteiger partial charge in [0.15, 0.2) is 17.4 Å². The molecule has 188 valence electrons. The highest BCUT2D eigenvalue weighted by atomic mass is 16.1. The van der Waals surface area contributed by atoms with E-state index in [4.69, 9.17) is 5.73 Å². The van der Waals surface area contributed by atoms with Crippen molar-refractivity contribution in [1.29, 1.82) is 0 Å². The maximum Gasteiger partial charge on any atom is 0.159 e. The third kappa shape index (κ3) is 11.0. The zero-order valence-electron chi connectivity index (χ0n) is 21.4. The standard InChI is InChI=1S/C28H45N5O/c1-3-4-5-6-7-8-9-10-11-12-13-14-15-16-20-30-27-26(29)28(32-22-31-27)33-25-19-17-18-24(21-25)23(2)34/h17-19,21-22H,3-16,20,29H2,1-2H3,(H2,30,31,32,33). The summed E-state index contributed by atoms with van der Waals surface area (Å²) in [5, 5.41) is 6.54. The van der Waals surface area contributed by atoms with Crippen LogP contribution in [0.4, 0.5) is 23.0 Å². The number of aromatic nitrogens is 2. The molecule has 0 radical (unpaired) electrons. The summed E-state index contributed by atoms with van der Waals surface area (Å²) < 4.78 is 0. The monoisotopic (exact) mass is 467 g/mol. The van der Waals surface area contributed by atoms with Gasteiger partial charge in [0.2, 0.25) is 0 Å². The smallest absolute Gasteiger partial charge is 0.159 e. The van der Waals surface area contributed by atoms with Gasteiger partial charge in [-0.25, -0.2) is 9.97 Å². The van der Waals surface area contributed by atoms with Crippen molar-refractivity contribution in [3.05, 3.63) is 36.2 Å². The molecule has 0 spiro atoms. The molecule has 0 aliphatic carbocycles. The number of carbonyl (C=O) groups excluding carboxylic acids is 1. The molecule has 4 N–H and O–H groups in total. The Morgan fingerprint density at radius 1 is 0.824 bits per heavy atom. The topological polar surface area (TPSA) is 92.9 Å². The van der Waals surface area contributed by atoms with E-state index in [1.54, 1.807) is 19.1 Å². The van der Waals surface area contributed by atoms with Gasteiger partial charge in [-0.2, -0.15) is 0 Å². The maximum atomic E-state index is 11.6. The average molecular weight is 468 g/mol. The first-order valence-corrected chi connectivity index (χ1v) is 13.3. The van der Waals surface area contributed by atoms with Crippen molar-refractivity contribution in [2.75, 3.05) is 22.9 Å². The number of carbonyl (C=O) groups is 1. The zero-order valence-corrected chi connectivity index (χ0v) is 21.4. The van der Waals surface area contributed by atoms with Gasteiger partial charge < -0.3 is 16.4 Å². The van der Waals surface area contributed by atoms with Gasteiger partial charge in [0, 0.05) is 17.8 Å². The first-order chi connectivity index (χ1) is 16.6. The summed E-state index contributed by atoms with van der Waals surface area (Å²) in [6, 6.07) is 7.31. The molecule has 1 aromatic carbocycles. The van der Waals surface area contributed by atoms with Crippen LogP contribution in [0.3, 0.4) is 0 Å². The summed E-state index contributed by atoms with van der Waals surface area (Å²) >= 11 is 0. The number of nitrogen functional groups attached to an aromatic ring is 1. The van der Waals surface area contributed by atoms with E-state index in [9.17, 15) is 4.79 Å². The van der Waals surface area contributed by atoms with Crippen molar-refractivity contribution >= 4 is 28.8 Å². The summed E-state index contributed by atoms with van der Waals surface area (Å²) in [6.07, 6.45) is 20.4. The largest absolute Gasteiger partial charge is 0.393 e. The second-order valence-corrected chi connectivity index (χ2v) is 9.27. The molecular weight excluding hydrogens is 422 g/mol. The van der Waals surface area contributed by atoms with E-state index < -0.39 is 0 Å². The molecule has 1 heterocycles. The van der Waals surface area contributed by atoms with E-state index in [1.165, 1.54) is 89.8 Å². The summed E-state index contributed by atoms with van der Waals surface area (Å²) in [5.41, 5.74) is 8.18. The number of hydrogen-bond donors (Lipinski definition) is 3. The zero-order chi connectivity index (χ0) is 24.4. The van der Waals surface area contributed by atoms with E-state index in [1.807, 2.05) is 12.1 Å². The van der Waals surface area contributed by atoms with Crippen LogP contribution in [-0.2, 0) is 0 Å². The molecule has 0 atom stereocenters. The van der Waals surface area contributed by atoms with Crippen molar-refractivity contribution in [2.45, 2.75) is 104 Å². The van der Waals surface area contributed by atoms with Crippen molar-refractivity contribution in [3.63, 3.8) is 0 Å². The third-order valence-corrected chi connectivity index (χ3v) is 6.24. The van der Waals surface area contributed by atoms with Gasteiger partial charge >= 0.3 is 0 Å². The van der Waals surface area contributed by atoms with Crippen LogP contribution in [-0.4, -0.2) is 22.3 Å². The Balaban J connectivity index is 1.56. The van der Waals surface area contributed by atoms with Gasteiger partial charge in [0.05, 0.1) is 0 Å². The first-order valence-electron chi connectivity index (χ1n) is 13.3. The number of benzene rings is 1. The molecule has 0 aliphatic heterocycles. The average Bonchev–Trinajstić information content (AvgIpc) is 2.84. The predicted octanol–water partition coefficient (Wildman–Crippen LogP) is 7.90. The Hall–Kier alpha value is -2.63. The third-order valence-electron chi connectivity index (χ3n) is 6.24. The van der Waals surface area contributed by atoms with Crippen LogP contribution in [0.15, 0.2) is 30.6 Å². The maximum absolute atomic E-state index is 11.6. The lowest BCUT2D eigenvalue weighted by atomic mass is 10.0. The number of anilines is 4. The molecule has 0 fully saturated rings. The summed E-state index contributed by atoms with van der Waals surface area (Å²) in [4.78, 5) is 20.1. The van der Waals surface area contributed by atoms with Crippen LogP contribution in [0.5, 0.6) is 0 Å². The van der Waals surface area contributed by atoms with Crippen LogP contribution >= 0.6 is 0 Å². The molecule has 0 unspecified atom stereocenters. The Kier molecular flexibility index (Phi) is 13.7. The van der Waals surface area contributed by atoms with E-state index in [-0.39, 0.29) is 5.78 Å². The molecule has 0 saturated heterocycles. The van der Waals surface area contributed by atoms with Crippen molar-refractivity contribution < 1.29 is 4.79 Å². The number of unbranched alkanes of at least 4 members (excludes halogenated alkanes) is 13. The SMILES string of the molecule is CCCCCCCCCCCCCCCCNc1ncnc(Nc2cccc(C(C)=O)c2)c1N. The highest BCUT2D eigenvalue weighted by molar-refractivity contribution is 5.95. The molecule has 2 rings (SSSR count). The summed E-state index contributed by atoms with van der Waals surface area (Å²) in [5.74, 6) is 1.21. The number of nitrogens with zero attached hydrogens (tertiary/aromatic N) is 2. The number of Topliss-reactive ketones (excluding diaryl/α,β-unsaturated/α-hetero) is 1. The molecule has 0 bridgehead atoms. The Morgan fingerprint density at radius 2 is 1.38 bits per heavy atom. The fourth-order valence-electron chi connectivity index (χ4n) is 4.12. The predicted molar refractivity (Wildman–Crippen MR) is 145 cm³/mol. The Labute approximate surface area is 206 Å². The fraction of sp³-hybridized carbons (Fsp3) is 0.607. The minimum atomic E-state index is 0.0230. The van der Waals surface area contributed by atoms with Gasteiger partial charge in [0.1, 0.15) is 12.0 Å². The van der Waals surface area contributed by atoms with Crippen molar-refractivity contribution in [1.82, 2.24) is 9.97 Å². The quantitative estimate of drug-likeness (QED) is 0.144. The molecule has 1 aromatic heterocycles. The molecule has 0 amide bonds. The number of nitrogens with two attached hydrogens (primary N) is 1. The molecule has 6 nitrogen and oxygen atoms in total. The van der Waals surface area contributed by atoms with Crippen LogP contribution in [0.2, 0.25) is 0 Å². The van der Waals surface area contributed by atoms with Gasteiger partial charge in [-0.1, -0.05) is 103 Å². The fourth-order valence-corrected chi connectivity index (χ4v) is 4.12. The van der Waals surface area contributed by atoms with Gasteiger partial charge in [-0.15, -0.1) is 0 Å².